The van der Waals surface area contributed by atoms with Crippen LogP contribution in [0.5, 0.6) is 0 Å². The molecular formula is C12H25N. The molecular weight excluding hydrogens is 158 g/mol. The third-order valence-electron chi connectivity index (χ3n) is 3.64. The Hall–Kier alpha value is -0.0400. The zero-order chi connectivity index (χ0) is 9.84. The fraction of sp³-hybridized carbons (Fsp3) is 1.00. The van der Waals surface area contributed by atoms with Crippen molar-refractivity contribution in [3.8, 4) is 0 Å². The molecule has 0 bridgehead atoms. The highest BCUT2D eigenvalue weighted by Gasteiger charge is 2.27. The maximum Gasteiger partial charge on any atom is 0.00104 e. The van der Waals surface area contributed by atoms with Crippen molar-refractivity contribution >= 4 is 0 Å². The molecule has 13 heavy (non-hydrogen) atoms. The average Bonchev–Trinajstić information content (AvgIpc) is 1.96. The van der Waals surface area contributed by atoms with E-state index in [9.17, 15) is 0 Å². The van der Waals surface area contributed by atoms with Gasteiger partial charge in [0, 0.05) is 6.04 Å². The first-order chi connectivity index (χ1) is 6.11. The number of rotatable bonds is 5. The van der Waals surface area contributed by atoms with Gasteiger partial charge in [0.2, 0.25) is 0 Å². The van der Waals surface area contributed by atoms with Crippen LogP contribution in [-0.4, -0.2) is 12.6 Å². The lowest BCUT2D eigenvalue weighted by atomic mass is 9.72. The highest BCUT2D eigenvalue weighted by molar-refractivity contribution is 4.79. The minimum absolute atomic E-state index is 0.635. The van der Waals surface area contributed by atoms with E-state index in [1.165, 1.54) is 25.8 Å². The summed E-state index contributed by atoms with van der Waals surface area (Å²) in [4.78, 5) is 0. The molecule has 1 aliphatic rings. The van der Waals surface area contributed by atoms with Gasteiger partial charge in [-0.1, -0.05) is 47.0 Å². The van der Waals surface area contributed by atoms with Gasteiger partial charge in [-0.05, 0) is 24.3 Å². The minimum Gasteiger partial charge on any atom is -0.314 e. The van der Waals surface area contributed by atoms with Crippen LogP contribution in [0.4, 0.5) is 0 Å². The normalized spacial score (nSPS) is 22.8. The van der Waals surface area contributed by atoms with Gasteiger partial charge in [0.05, 0.1) is 0 Å². The maximum absolute atomic E-state index is 3.53. The summed E-state index contributed by atoms with van der Waals surface area (Å²) in [6.07, 6.45) is 4.43. The van der Waals surface area contributed by atoms with Crippen LogP contribution in [0.25, 0.3) is 0 Å². The molecule has 0 aromatic heterocycles. The predicted octanol–water partition coefficient (Wildman–Crippen LogP) is 3.06. The van der Waals surface area contributed by atoms with Crippen LogP contribution < -0.4 is 5.32 Å². The Bertz CT molecular complexity index is 138. The van der Waals surface area contributed by atoms with Gasteiger partial charge < -0.3 is 5.32 Å². The lowest BCUT2D eigenvalue weighted by Gasteiger charge is -2.35. The first-order valence-electron chi connectivity index (χ1n) is 5.84. The van der Waals surface area contributed by atoms with Crippen molar-refractivity contribution in [1.82, 2.24) is 5.32 Å². The summed E-state index contributed by atoms with van der Waals surface area (Å²) in [5.74, 6) is 2.79. The molecule has 1 heteroatoms. The van der Waals surface area contributed by atoms with E-state index in [2.05, 4.69) is 33.0 Å². The Morgan fingerprint density at radius 1 is 1.15 bits per heavy atom. The maximum atomic E-state index is 3.53. The van der Waals surface area contributed by atoms with Crippen molar-refractivity contribution in [2.24, 2.45) is 17.8 Å². The fourth-order valence-corrected chi connectivity index (χ4v) is 2.04. The molecule has 0 heterocycles. The Morgan fingerprint density at radius 3 is 2.15 bits per heavy atom. The molecule has 1 rings (SSSR count). The Morgan fingerprint density at radius 2 is 1.77 bits per heavy atom. The van der Waals surface area contributed by atoms with Crippen LogP contribution in [0, 0.1) is 17.8 Å². The second-order valence-corrected chi connectivity index (χ2v) is 5.09. The van der Waals surface area contributed by atoms with Crippen molar-refractivity contribution in [2.45, 2.75) is 53.0 Å². The topological polar surface area (TPSA) is 12.0 Å². The van der Waals surface area contributed by atoms with Gasteiger partial charge in [-0.25, -0.2) is 0 Å². The lowest BCUT2D eigenvalue weighted by molar-refractivity contribution is 0.164. The van der Waals surface area contributed by atoms with Crippen LogP contribution in [0.3, 0.4) is 0 Å². The van der Waals surface area contributed by atoms with Crippen LogP contribution in [0.2, 0.25) is 0 Å². The van der Waals surface area contributed by atoms with Crippen molar-refractivity contribution < 1.29 is 0 Å². The predicted molar refractivity (Wildman–Crippen MR) is 58.8 cm³/mol. The van der Waals surface area contributed by atoms with Gasteiger partial charge in [0.1, 0.15) is 0 Å². The number of hydrogen-bond acceptors (Lipinski definition) is 1. The number of nitrogens with one attached hydrogen (secondary N) is 1. The van der Waals surface area contributed by atoms with E-state index in [0.717, 1.165) is 17.8 Å². The highest BCUT2D eigenvalue weighted by atomic mass is 14.9. The third-order valence-corrected chi connectivity index (χ3v) is 3.64. The quantitative estimate of drug-likeness (QED) is 0.691. The highest BCUT2D eigenvalue weighted by Crippen LogP contribution is 2.36. The summed E-state index contributed by atoms with van der Waals surface area (Å²) < 4.78 is 0. The minimum atomic E-state index is 0.635. The van der Waals surface area contributed by atoms with Gasteiger partial charge >= 0.3 is 0 Å². The van der Waals surface area contributed by atoms with Gasteiger partial charge in [-0.3, -0.25) is 0 Å². The summed E-state index contributed by atoms with van der Waals surface area (Å²) >= 11 is 0. The second kappa shape index (κ2) is 4.99. The van der Waals surface area contributed by atoms with Crippen LogP contribution in [0.1, 0.15) is 47.0 Å². The zero-order valence-electron chi connectivity index (χ0n) is 9.64. The molecule has 1 fully saturated rings. The monoisotopic (exact) mass is 183 g/mol. The molecule has 0 radical (unpaired) electrons. The molecule has 1 aliphatic carbocycles. The van der Waals surface area contributed by atoms with E-state index in [1.807, 2.05) is 0 Å². The van der Waals surface area contributed by atoms with E-state index in [4.69, 9.17) is 0 Å². The molecule has 2 unspecified atom stereocenters. The van der Waals surface area contributed by atoms with Crippen LogP contribution in [-0.2, 0) is 0 Å². The Balaban J connectivity index is 2.17. The lowest BCUT2D eigenvalue weighted by Crippen LogP contribution is -2.34. The van der Waals surface area contributed by atoms with Crippen molar-refractivity contribution in [2.75, 3.05) is 6.54 Å². The van der Waals surface area contributed by atoms with Gasteiger partial charge in [-0.2, -0.15) is 0 Å². The van der Waals surface area contributed by atoms with E-state index in [0.29, 0.717) is 6.04 Å². The summed E-state index contributed by atoms with van der Waals surface area (Å²) in [7, 11) is 0. The molecule has 0 aliphatic heterocycles. The molecule has 2 atom stereocenters. The summed E-state index contributed by atoms with van der Waals surface area (Å²) in [6.45, 7) is 10.5. The van der Waals surface area contributed by atoms with Crippen molar-refractivity contribution in [3.05, 3.63) is 0 Å². The van der Waals surface area contributed by atoms with Crippen LogP contribution in [0.15, 0.2) is 0 Å². The second-order valence-electron chi connectivity index (χ2n) is 5.09. The third kappa shape index (κ3) is 3.30. The smallest absolute Gasteiger partial charge is 0.00104 e. The average molecular weight is 183 g/mol. The van der Waals surface area contributed by atoms with Gasteiger partial charge in [0.25, 0.3) is 0 Å². The molecule has 0 saturated heterocycles. The Labute approximate surface area is 83.3 Å². The molecule has 78 valence electrons. The van der Waals surface area contributed by atoms with Crippen LogP contribution >= 0.6 is 0 Å². The standard InChI is InChI=1S/C12H25N/c1-9(2)13-8-10(3)11(4)12-6-5-7-12/h9-13H,5-8H2,1-4H3. The van der Waals surface area contributed by atoms with Gasteiger partial charge in [0.15, 0.2) is 0 Å². The summed E-state index contributed by atoms with van der Waals surface area (Å²) in [5.41, 5.74) is 0. The first kappa shape index (κ1) is 11.0. The summed E-state index contributed by atoms with van der Waals surface area (Å²) in [6, 6.07) is 0.635. The molecule has 0 aromatic rings. The number of hydrogen-bond donors (Lipinski definition) is 1. The largest absolute Gasteiger partial charge is 0.314 e. The Kier molecular flexibility index (Phi) is 4.24. The zero-order valence-corrected chi connectivity index (χ0v) is 9.64. The van der Waals surface area contributed by atoms with Crippen molar-refractivity contribution in [1.29, 1.82) is 0 Å². The molecule has 1 saturated carbocycles. The first-order valence-corrected chi connectivity index (χ1v) is 5.84. The molecule has 0 amide bonds. The van der Waals surface area contributed by atoms with Gasteiger partial charge in [-0.15, -0.1) is 0 Å². The van der Waals surface area contributed by atoms with E-state index >= 15 is 0 Å². The summed E-state index contributed by atoms with van der Waals surface area (Å²) in [5, 5.41) is 3.53. The molecule has 1 N–H and O–H groups in total. The van der Waals surface area contributed by atoms with E-state index in [1.54, 1.807) is 0 Å². The fourth-order valence-electron chi connectivity index (χ4n) is 2.04. The molecule has 0 spiro atoms. The van der Waals surface area contributed by atoms with E-state index in [-0.39, 0.29) is 0 Å². The molecule has 0 aromatic carbocycles. The van der Waals surface area contributed by atoms with E-state index < -0.39 is 0 Å². The van der Waals surface area contributed by atoms with Crippen molar-refractivity contribution in [3.63, 3.8) is 0 Å². The SMILES string of the molecule is CC(C)NCC(C)C(C)C1CCC1. The molecule has 1 nitrogen and oxygen atoms in total.